The number of methoxy groups -OCH3 is 9. The van der Waals surface area contributed by atoms with E-state index in [1.165, 1.54) is 65.0 Å². The van der Waals surface area contributed by atoms with E-state index in [1.54, 1.807) is 78.0 Å². The first-order valence-electron chi connectivity index (χ1n) is 22.8. The lowest BCUT2D eigenvalue weighted by atomic mass is 9.95. The Balaban J connectivity index is 1.21. The second-order valence-corrected chi connectivity index (χ2v) is 16.1. The Kier molecular flexibility index (Phi) is 18.6. The van der Waals surface area contributed by atoms with E-state index in [1.807, 2.05) is 55.5 Å². The molecule has 0 fully saturated rings. The summed E-state index contributed by atoms with van der Waals surface area (Å²) in [6, 6.07) is 25.1. The van der Waals surface area contributed by atoms with Gasteiger partial charge < -0.3 is 63.7 Å². The normalized spacial score (nSPS) is 11.5. The molecule has 15 nitrogen and oxygen atoms in total. The summed E-state index contributed by atoms with van der Waals surface area (Å²) in [7, 11) is 13.8. The van der Waals surface area contributed by atoms with E-state index in [4.69, 9.17) is 53.1 Å². The van der Waals surface area contributed by atoms with Crippen molar-refractivity contribution in [2.75, 3.05) is 86.9 Å². The number of benzene rings is 6. The zero-order valence-electron chi connectivity index (χ0n) is 42.5. The Morgan fingerprint density at radius 3 is 1.59 bits per heavy atom. The highest BCUT2D eigenvalue weighted by molar-refractivity contribution is 6.05. The van der Waals surface area contributed by atoms with Crippen LogP contribution >= 0.6 is 0 Å². The average Bonchev–Trinajstić information content (AvgIpc) is 3.41. The van der Waals surface area contributed by atoms with Crippen LogP contribution in [-0.4, -0.2) is 82.1 Å². The maximum absolute atomic E-state index is 14.2. The summed E-state index contributed by atoms with van der Waals surface area (Å²) in [5, 5.41) is 6.59. The molecule has 0 aliphatic carbocycles. The number of ketones is 2. The fraction of sp³-hybridized carbons (Fsp3) is 0.228. The third-order valence-corrected chi connectivity index (χ3v) is 11.7. The van der Waals surface area contributed by atoms with Crippen molar-refractivity contribution in [2.24, 2.45) is 5.92 Å². The topological polar surface area (TPSA) is 177 Å². The van der Waals surface area contributed by atoms with Crippen LogP contribution in [-0.2, 0) is 6.61 Å². The van der Waals surface area contributed by atoms with Crippen molar-refractivity contribution in [1.82, 2.24) is 0 Å². The molecule has 0 saturated heterocycles. The SMILES string of the molecule is COc1cc(/C=C\c2ccc(OC)c(OC)c2NCC(C)C(=O)c2cccc(COc3cc(/C=C\c4ccc(OC)c(OC)c4N/C=C\C(=O)c4ccc(F)cc4)cc(OC)c3OC)c2N)cc(OC)c1OC. The average molecular weight is 998 g/mol. The van der Waals surface area contributed by atoms with Gasteiger partial charge in [-0.15, -0.1) is 0 Å². The molecule has 1 atom stereocenters. The van der Waals surface area contributed by atoms with Crippen LogP contribution in [0.15, 0.2) is 103 Å². The molecular formula is C57H60FN3O12. The number of nitrogens with two attached hydrogens (primary N) is 1. The lowest BCUT2D eigenvalue weighted by molar-refractivity contribution is 0.0936. The zero-order chi connectivity index (χ0) is 52.6. The molecule has 0 spiro atoms. The van der Waals surface area contributed by atoms with E-state index in [-0.39, 0.29) is 30.4 Å². The van der Waals surface area contributed by atoms with E-state index in [0.29, 0.717) is 96.7 Å². The van der Waals surface area contributed by atoms with Crippen molar-refractivity contribution < 1.29 is 61.3 Å². The minimum atomic E-state index is -0.546. The van der Waals surface area contributed by atoms with E-state index < -0.39 is 11.7 Å². The van der Waals surface area contributed by atoms with Gasteiger partial charge in [0.2, 0.25) is 11.5 Å². The first-order chi connectivity index (χ1) is 35.4. The molecule has 16 heteroatoms. The number of Topliss-reactive ketones (excluding diaryl/α,β-unsaturated/α-hetero) is 1. The molecule has 6 rings (SSSR count). The van der Waals surface area contributed by atoms with Crippen molar-refractivity contribution in [2.45, 2.75) is 13.5 Å². The van der Waals surface area contributed by atoms with Gasteiger partial charge in [0, 0.05) is 58.2 Å². The largest absolute Gasteiger partial charge is 0.493 e. The van der Waals surface area contributed by atoms with E-state index >= 15 is 0 Å². The molecule has 0 aromatic heterocycles. The van der Waals surface area contributed by atoms with E-state index in [9.17, 15) is 14.0 Å². The number of allylic oxidation sites excluding steroid dienone is 1. The number of anilines is 3. The van der Waals surface area contributed by atoms with Crippen LogP contribution in [0.3, 0.4) is 0 Å². The lowest BCUT2D eigenvalue weighted by Gasteiger charge is -2.20. The van der Waals surface area contributed by atoms with Gasteiger partial charge in [0.15, 0.2) is 57.6 Å². The number of carbonyl (C=O) groups excluding carboxylic acids is 2. The van der Waals surface area contributed by atoms with Crippen molar-refractivity contribution in [3.05, 3.63) is 148 Å². The number of para-hydroxylation sites is 1. The van der Waals surface area contributed by atoms with Crippen LogP contribution in [0.1, 0.15) is 55.5 Å². The van der Waals surface area contributed by atoms with Gasteiger partial charge in [-0.05, 0) is 90.0 Å². The Morgan fingerprint density at radius 2 is 1.07 bits per heavy atom. The Morgan fingerprint density at radius 1 is 0.575 bits per heavy atom. The molecule has 73 heavy (non-hydrogen) atoms. The van der Waals surface area contributed by atoms with Gasteiger partial charge in [-0.1, -0.05) is 43.4 Å². The molecule has 382 valence electrons. The number of nitrogens with one attached hydrogen (secondary N) is 2. The van der Waals surface area contributed by atoms with Crippen molar-refractivity contribution in [1.29, 1.82) is 0 Å². The summed E-state index contributed by atoms with van der Waals surface area (Å²) in [5.74, 6) is 2.93. The standard InChI is InChI=1S/C57H60FN3O12/c1-34(32-61-52-39(21-25-45(65-3)57(52)72-10)17-14-35-28-46(66-4)54(69-7)47(29-35)67-5)53(63)42-13-11-12-40(50(42)59)33-73-49-31-36(30-48(68-6)55(49)70-8)15-16-38-20-24-44(64-2)56(71-9)51(38)60-27-26-43(62)37-18-22-41(58)23-19-37/h11-31,34,60-61H,32-33,59H2,1-10H3/b16-15-,17-14-,27-26-. The molecule has 0 aliphatic heterocycles. The number of hydrogen-bond donors (Lipinski definition) is 3. The molecule has 0 radical (unpaired) electrons. The predicted octanol–water partition coefficient (Wildman–Crippen LogP) is 11.1. The summed E-state index contributed by atoms with van der Waals surface area (Å²) < 4.78 is 70.6. The van der Waals surface area contributed by atoms with Crippen LogP contribution in [0, 0.1) is 11.7 Å². The molecule has 0 aliphatic rings. The first-order valence-corrected chi connectivity index (χ1v) is 22.8. The van der Waals surface area contributed by atoms with E-state index in [0.717, 1.165) is 11.1 Å². The zero-order valence-corrected chi connectivity index (χ0v) is 42.5. The number of nitrogen functional groups attached to an aromatic ring is 1. The summed E-state index contributed by atoms with van der Waals surface area (Å²) in [5.41, 5.74) is 12.3. The quantitative estimate of drug-likeness (QED) is 0.0213. The summed E-state index contributed by atoms with van der Waals surface area (Å²) in [6.45, 7) is 2.03. The second-order valence-electron chi connectivity index (χ2n) is 16.1. The van der Waals surface area contributed by atoms with Gasteiger partial charge in [0.1, 0.15) is 12.4 Å². The second kappa shape index (κ2) is 25.4. The Hall–Kier alpha value is -8.79. The number of rotatable bonds is 25. The van der Waals surface area contributed by atoms with Gasteiger partial charge >= 0.3 is 0 Å². The maximum Gasteiger partial charge on any atom is 0.203 e. The minimum absolute atomic E-state index is 0.0123. The number of carbonyl (C=O) groups is 2. The fourth-order valence-electron chi connectivity index (χ4n) is 7.85. The van der Waals surface area contributed by atoms with Gasteiger partial charge in [-0.25, -0.2) is 4.39 Å². The molecule has 0 saturated carbocycles. The smallest absolute Gasteiger partial charge is 0.203 e. The van der Waals surface area contributed by atoms with Crippen LogP contribution in [0.2, 0.25) is 0 Å². The number of halogens is 1. The van der Waals surface area contributed by atoms with Gasteiger partial charge in [-0.2, -0.15) is 0 Å². The van der Waals surface area contributed by atoms with Crippen LogP contribution in [0.5, 0.6) is 57.5 Å². The maximum atomic E-state index is 14.2. The van der Waals surface area contributed by atoms with Crippen LogP contribution in [0.4, 0.5) is 21.5 Å². The summed E-state index contributed by atoms with van der Waals surface area (Å²) in [6.07, 6.45) is 10.3. The molecule has 0 amide bonds. The van der Waals surface area contributed by atoms with Gasteiger partial charge in [0.25, 0.3) is 0 Å². The first kappa shape index (κ1) is 53.6. The van der Waals surface area contributed by atoms with Crippen LogP contribution < -0.4 is 63.7 Å². The lowest BCUT2D eigenvalue weighted by Crippen LogP contribution is -2.22. The highest BCUT2D eigenvalue weighted by Crippen LogP contribution is 2.43. The third kappa shape index (κ3) is 12.6. The number of ether oxygens (including phenoxy) is 10. The van der Waals surface area contributed by atoms with Gasteiger partial charge in [0.05, 0.1) is 75.4 Å². The highest BCUT2D eigenvalue weighted by atomic mass is 19.1. The molecule has 0 heterocycles. The Labute approximate surface area is 424 Å². The molecule has 6 aromatic rings. The van der Waals surface area contributed by atoms with Gasteiger partial charge in [-0.3, -0.25) is 9.59 Å². The van der Waals surface area contributed by atoms with E-state index in [2.05, 4.69) is 10.6 Å². The molecule has 6 aromatic carbocycles. The molecule has 0 bridgehead atoms. The molecule has 4 N–H and O–H groups in total. The monoisotopic (exact) mass is 997 g/mol. The minimum Gasteiger partial charge on any atom is -0.493 e. The fourth-order valence-corrected chi connectivity index (χ4v) is 7.85. The summed E-state index contributed by atoms with van der Waals surface area (Å²) >= 11 is 0. The van der Waals surface area contributed by atoms with Crippen molar-refractivity contribution in [3.63, 3.8) is 0 Å². The number of hydrogen-bond acceptors (Lipinski definition) is 15. The van der Waals surface area contributed by atoms with Crippen molar-refractivity contribution >= 4 is 52.9 Å². The highest BCUT2D eigenvalue weighted by Gasteiger charge is 2.23. The third-order valence-electron chi connectivity index (χ3n) is 11.7. The van der Waals surface area contributed by atoms with Crippen molar-refractivity contribution in [3.8, 4) is 57.5 Å². The predicted molar refractivity (Wildman–Crippen MR) is 283 cm³/mol. The molecule has 1 unspecified atom stereocenters. The summed E-state index contributed by atoms with van der Waals surface area (Å²) in [4.78, 5) is 27.0. The molecular weight excluding hydrogens is 938 g/mol. The Bertz CT molecular complexity index is 2980. The van der Waals surface area contributed by atoms with Crippen LogP contribution in [0.25, 0.3) is 24.3 Å².